The third-order valence-corrected chi connectivity index (χ3v) is 4.22. The minimum Gasteiger partial charge on any atom is -0.420 e. The summed E-state index contributed by atoms with van der Waals surface area (Å²) in [6.45, 7) is 4.16. The summed E-state index contributed by atoms with van der Waals surface area (Å²) >= 11 is 0. The number of rotatable bonds is 4. The first-order chi connectivity index (χ1) is 5.21. The fourth-order valence-electron chi connectivity index (χ4n) is 0.780. The van der Waals surface area contributed by atoms with E-state index in [2.05, 4.69) is 0 Å². The van der Waals surface area contributed by atoms with Gasteiger partial charge < -0.3 is 4.43 Å². The molecule has 5 heteroatoms. The highest BCUT2D eigenvalue weighted by Crippen LogP contribution is 2.31. The Bertz CT molecular complexity index is 148. The molecule has 0 aliphatic heterocycles. The second-order valence-corrected chi connectivity index (χ2v) is 7.80. The molecule has 0 saturated heterocycles. The summed E-state index contributed by atoms with van der Waals surface area (Å²) in [5.41, 5.74) is 0. The molecule has 0 heterocycles. The third kappa shape index (κ3) is 3.58. The smallest absolute Gasteiger partial charge is 0.278 e. The van der Waals surface area contributed by atoms with Crippen LogP contribution in [0.3, 0.4) is 0 Å². The lowest BCUT2D eigenvalue weighted by Gasteiger charge is -2.26. The highest BCUT2D eigenvalue weighted by molar-refractivity contribution is 6.71. The Morgan fingerprint density at radius 3 is 2.08 bits per heavy atom. The first kappa shape index (κ1) is 12.0. The molecule has 1 unspecified atom stereocenters. The van der Waals surface area contributed by atoms with Crippen LogP contribution in [0.5, 0.6) is 0 Å². The zero-order valence-corrected chi connectivity index (χ0v) is 8.83. The van der Waals surface area contributed by atoms with E-state index in [1.807, 2.05) is 0 Å². The summed E-state index contributed by atoms with van der Waals surface area (Å²) in [7, 11) is -0.971. The minimum absolute atomic E-state index is 0.464. The Labute approximate surface area is 72.0 Å². The lowest BCUT2D eigenvalue weighted by Crippen LogP contribution is -2.40. The first-order valence-corrected chi connectivity index (χ1v) is 6.90. The molecule has 0 radical (unpaired) electrons. The summed E-state index contributed by atoms with van der Waals surface area (Å²) in [6.07, 6.45) is -2.10. The van der Waals surface area contributed by atoms with Gasteiger partial charge in [0.05, 0.1) is 0 Å². The van der Waals surface area contributed by atoms with Gasteiger partial charge in [-0.3, -0.25) is 0 Å². The van der Waals surface area contributed by atoms with E-state index in [1.54, 1.807) is 13.1 Å². The zero-order valence-electron chi connectivity index (χ0n) is 7.83. The molecule has 0 N–H and O–H groups in total. The summed E-state index contributed by atoms with van der Waals surface area (Å²) < 4.78 is 42.9. The molecule has 1 nitrogen and oxygen atoms in total. The van der Waals surface area contributed by atoms with Gasteiger partial charge in [-0.1, -0.05) is 0 Å². The van der Waals surface area contributed by atoms with Gasteiger partial charge in [0, 0.05) is 13.2 Å². The number of hydrogen-bond donors (Lipinski definition) is 0. The molecule has 0 spiro atoms. The third-order valence-electron chi connectivity index (χ3n) is 1.80. The number of alkyl halides is 3. The SMILES string of the molecule is CO[Si](C)(C)CC(F)(F)C(C)F. The van der Waals surface area contributed by atoms with Crippen molar-refractivity contribution in [2.24, 2.45) is 0 Å². The normalized spacial score (nSPS) is 16.2. The van der Waals surface area contributed by atoms with Crippen LogP contribution in [0.4, 0.5) is 13.2 Å². The highest BCUT2D eigenvalue weighted by atomic mass is 28.4. The molecular formula is C7H15F3OSi. The Morgan fingerprint density at radius 2 is 1.83 bits per heavy atom. The molecule has 74 valence electrons. The van der Waals surface area contributed by atoms with Crippen molar-refractivity contribution in [2.45, 2.75) is 38.2 Å². The van der Waals surface area contributed by atoms with Crippen molar-refractivity contribution in [3.8, 4) is 0 Å². The van der Waals surface area contributed by atoms with Gasteiger partial charge in [0.2, 0.25) is 0 Å². The average Bonchev–Trinajstić information content (AvgIpc) is 1.85. The topological polar surface area (TPSA) is 9.23 Å². The van der Waals surface area contributed by atoms with Crippen molar-refractivity contribution in [1.82, 2.24) is 0 Å². The minimum atomic E-state index is -3.24. The molecule has 0 amide bonds. The lowest BCUT2D eigenvalue weighted by atomic mass is 10.3. The highest BCUT2D eigenvalue weighted by Gasteiger charge is 2.43. The fourth-order valence-corrected chi connectivity index (χ4v) is 2.34. The molecule has 0 aromatic carbocycles. The molecule has 0 fully saturated rings. The average molecular weight is 200 g/mol. The van der Waals surface area contributed by atoms with Crippen molar-refractivity contribution >= 4 is 8.32 Å². The van der Waals surface area contributed by atoms with E-state index >= 15 is 0 Å². The lowest BCUT2D eigenvalue weighted by molar-refractivity contribution is -0.0502. The molecule has 0 saturated carbocycles. The van der Waals surface area contributed by atoms with Crippen LogP contribution in [0.15, 0.2) is 0 Å². The van der Waals surface area contributed by atoms with Crippen LogP contribution in [-0.2, 0) is 4.43 Å². The molecule has 0 aliphatic carbocycles. The van der Waals surface area contributed by atoms with E-state index in [1.165, 1.54) is 7.11 Å². The number of hydrogen-bond acceptors (Lipinski definition) is 1. The van der Waals surface area contributed by atoms with Crippen molar-refractivity contribution in [2.75, 3.05) is 7.11 Å². The summed E-state index contributed by atoms with van der Waals surface area (Å²) in [4.78, 5) is 0. The van der Waals surface area contributed by atoms with Gasteiger partial charge in [-0.2, -0.15) is 0 Å². The van der Waals surface area contributed by atoms with Crippen molar-refractivity contribution in [1.29, 1.82) is 0 Å². The monoisotopic (exact) mass is 200 g/mol. The molecule has 1 atom stereocenters. The maximum absolute atomic E-state index is 12.8. The van der Waals surface area contributed by atoms with Gasteiger partial charge in [-0.15, -0.1) is 0 Å². The fraction of sp³-hybridized carbons (Fsp3) is 1.00. The van der Waals surface area contributed by atoms with Crippen molar-refractivity contribution in [3.05, 3.63) is 0 Å². The molecule has 0 aromatic rings. The maximum Gasteiger partial charge on any atom is 0.278 e. The Morgan fingerprint density at radius 1 is 1.42 bits per heavy atom. The van der Waals surface area contributed by atoms with Crippen LogP contribution in [0.25, 0.3) is 0 Å². The van der Waals surface area contributed by atoms with Crippen LogP contribution >= 0.6 is 0 Å². The molecule has 0 rings (SSSR count). The standard InChI is InChI=1S/C7H15F3OSi/c1-6(8)7(9,10)5-12(3,4)11-2/h6H,5H2,1-4H3. The second kappa shape index (κ2) is 3.78. The Kier molecular flexibility index (Phi) is 3.77. The van der Waals surface area contributed by atoms with E-state index in [0.29, 0.717) is 0 Å². The Hall–Kier alpha value is -0.0331. The largest absolute Gasteiger partial charge is 0.420 e. The van der Waals surface area contributed by atoms with Gasteiger partial charge in [0.15, 0.2) is 14.5 Å². The van der Waals surface area contributed by atoms with Crippen LogP contribution in [0, 0.1) is 0 Å². The summed E-state index contributed by atoms with van der Waals surface area (Å²) in [6, 6.07) is -0.464. The predicted molar refractivity (Wildman–Crippen MR) is 44.8 cm³/mol. The van der Waals surface area contributed by atoms with Crippen LogP contribution in [0.2, 0.25) is 19.1 Å². The van der Waals surface area contributed by atoms with Crippen LogP contribution in [-0.4, -0.2) is 27.5 Å². The van der Waals surface area contributed by atoms with Crippen molar-refractivity contribution < 1.29 is 17.6 Å². The molecule has 0 aliphatic rings. The maximum atomic E-state index is 12.8. The van der Waals surface area contributed by atoms with E-state index in [-0.39, 0.29) is 0 Å². The van der Waals surface area contributed by atoms with E-state index in [0.717, 1.165) is 6.92 Å². The first-order valence-electron chi connectivity index (χ1n) is 3.78. The Balaban J connectivity index is 4.23. The number of halogens is 3. The van der Waals surface area contributed by atoms with E-state index in [4.69, 9.17) is 4.43 Å². The molecular weight excluding hydrogens is 185 g/mol. The van der Waals surface area contributed by atoms with Crippen LogP contribution in [0.1, 0.15) is 6.92 Å². The van der Waals surface area contributed by atoms with Gasteiger partial charge in [0.1, 0.15) is 0 Å². The summed E-state index contributed by atoms with van der Waals surface area (Å²) in [5.74, 6) is -3.24. The van der Waals surface area contributed by atoms with E-state index in [9.17, 15) is 13.2 Å². The molecule has 12 heavy (non-hydrogen) atoms. The quantitative estimate of drug-likeness (QED) is 0.634. The van der Waals surface area contributed by atoms with Gasteiger partial charge in [-0.05, 0) is 20.0 Å². The molecule has 0 aromatic heterocycles. The van der Waals surface area contributed by atoms with Crippen LogP contribution < -0.4 is 0 Å². The van der Waals surface area contributed by atoms with Crippen molar-refractivity contribution in [3.63, 3.8) is 0 Å². The van der Waals surface area contributed by atoms with Gasteiger partial charge >= 0.3 is 0 Å². The molecule has 0 bridgehead atoms. The second-order valence-electron chi connectivity index (χ2n) is 3.52. The van der Waals surface area contributed by atoms with Gasteiger partial charge in [0.25, 0.3) is 5.92 Å². The summed E-state index contributed by atoms with van der Waals surface area (Å²) in [5, 5.41) is 0. The predicted octanol–water partition coefficient (Wildman–Crippen LogP) is 2.83. The van der Waals surface area contributed by atoms with Gasteiger partial charge in [-0.25, -0.2) is 13.2 Å². The van der Waals surface area contributed by atoms with E-state index < -0.39 is 26.5 Å². The zero-order chi connectivity index (χ0) is 9.99.